The lowest BCUT2D eigenvalue weighted by Gasteiger charge is -2.45. The predicted molar refractivity (Wildman–Crippen MR) is 371 cm³/mol. The Hall–Kier alpha value is -11.8. The Bertz CT molecular complexity index is 5140. The molecule has 0 radical (unpaired) electrons. The number of aryl methyl sites for hydroxylation is 2. The van der Waals surface area contributed by atoms with Gasteiger partial charge in [-0.3, -0.25) is 0 Å². The third-order valence-electron chi connectivity index (χ3n) is 17.8. The van der Waals surface area contributed by atoms with Crippen LogP contribution >= 0.6 is 0 Å². The maximum absolute atomic E-state index is 5.58. The number of fused-ring (bicyclic) bond motifs is 7. The highest BCUT2D eigenvalue weighted by molar-refractivity contribution is 7.00. The number of benzene rings is 12. The van der Waals surface area contributed by atoms with Crippen molar-refractivity contribution >= 4 is 79.0 Å². The fraction of sp³-hybridized carbons (Fsp3) is 0.0247. The maximum Gasteiger partial charge on any atom is 0.252 e. The third kappa shape index (κ3) is 8.89. The lowest BCUT2D eigenvalue weighted by atomic mass is 9.33. The molecule has 0 N–H and O–H groups in total. The first-order valence-corrected chi connectivity index (χ1v) is 30.6. The molecule has 2 aliphatic rings. The molecule has 17 rings (SSSR count). The van der Waals surface area contributed by atoms with E-state index in [4.69, 9.17) is 24.9 Å². The highest BCUT2D eigenvalue weighted by Gasteiger charge is 2.44. The molecule has 0 atom stereocenters. The summed E-state index contributed by atoms with van der Waals surface area (Å²) in [4.78, 5) is 32.0. The van der Waals surface area contributed by atoms with Gasteiger partial charge in [0.05, 0.1) is 33.8 Å². The first-order chi connectivity index (χ1) is 44.5. The van der Waals surface area contributed by atoms with E-state index in [2.05, 4.69) is 271 Å². The minimum atomic E-state index is -0.0222. The van der Waals surface area contributed by atoms with Gasteiger partial charge in [0.1, 0.15) is 0 Å². The first kappa shape index (κ1) is 52.5. The minimum absolute atomic E-state index is 0.0222. The van der Waals surface area contributed by atoms with E-state index in [0.29, 0.717) is 23.3 Å². The van der Waals surface area contributed by atoms with Crippen molar-refractivity contribution in [2.45, 2.75) is 13.8 Å². The van der Waals surface area contributed by atoms with Crippen LogP contribution in [0.3, 0.4) is 0 Å². The number of hydrogen-bond donors (Lipinski definition) is 0. The third-order valence-corrected chi connectivity index (χ3v) is 17.8. The molecule has 0 saturated carbocycles. The molecule has 12 aromatic carbocycles. The quantitative estimate of drug-likeness (QED) is 0.126. The van der Waals surface area contributed by atoms with Crippen molar-refractivity contribution in [3.05, 3.63) is 308 Å². The second-order valence-electron chi connectivity index (χ2n) is 23.3. The number of rotatable bonds is 10. The van der Waals surface area contributed by atoms with E-state index in [1.165, 1.54) is 44.0 Å². The van der Waals surface area contributed by atoms with Crippen molar-refractivity contribution in [3.63, 3.8) is 0 Å². The summed E-state index contributed by atoms with van der Waals surface area (Å²) in [5.41, 5.74) is 25.3. The highest BCUT2D eigenvalue weighted by Crippen LogP contribution is 2.48. The van der Waals surface area contributed by atoms with Gasteiger partial charge in [-0.15, -0.1) is 0 Å². The van der Waals surface area contributed by atoms with E-state index in [9.17, 15) is 0 Å². The van der Waals surface area contributed by atoms with E-state index in [1.807, 2.05) is 54.6 Å². The van der Waals surface area contributed by atoms with Gasteiger partial charge in [-0.2, -0.15) is 0 Å². The fourth-order valence-electron chi connectivity index (χ4n) is 13.6. The van der Waals surface area contributed by atoms with Crippen LogP contribution in [-0.2, 0) is 0 Å². The first-order valence-electron chi connectivity index (χ1n) is 30.6. The second-order valence-corrected chi connectivity index (χ2v) is 23.3. The Kier molecular flexibility index (Phi) is 12.6. The Morgan fingerprint density at radius 2 is 0.722 bits per heavy atom. The van der Waals surface area contributed by atoms with Crippen LogP contribution in [0.25, 0.3) is 107 Å². The molecule has 0 spiro atoms. The van der Waals surface area contributed by atoms with Gasteiger partial charge < -0.3 is 14.4 Å². The summed E-state index contributed by atoms with van der Waals surface area (Å²) < 4.78 is 2.37. The van der Waals surface area contributed by atoms with Gasteiger partial charge >= 0.3 is 0 Å². The van der Waals surface area contributed by atoms with Crippen molar-refractivity contribution < 1.29 is 0 Å². The summed E-state index contributed by atoms with van der Waals surface area (Å²) >= 11 is 0. The SMILES string of the molecule is Cc1ccc2c(c1)c1cc(C)ccc1n2-c1ccc(-c2nc(-c3ccccc3)cc(-c3ccccc3)n2)cc1-c1nc(-c2ccccc2)nc(-c2ccc(-c3ccc4c5c3N(c3ccccc3)c3ccccc3B5c3ccccc3N4c3ccccc3)cc2)n1. The van der Waals surface area contributed by atoms with E-state index in [-0.39, 0.29) is 6.71 Å². The average Bonchev–Trinajstić information content (AvgIpc) is 0.841. The largest absolute Gasteiger partial charge is 0.311 e. The molecule has 0 unspecified atom stereocenters. The van der Waals surface area contributed by atoms with Crippen LogP contribution in [-0.4, -0.2) is 36.2 Å². The van der Waals surface area contributed by atoms with Crippen LogP contribution in [0, 0.1) is 13.8 Å². The number of para-hydroxylation sites is 4. The van der Waals surface area contributed by atoms with E-state index < -0.39 is 0 Å². The molecule has 422 valence electrons. The molecule has 0 fully saturated rings. The Morgan fingerprint density at radius 3 is 1.29 bits per heavy atom. The molecule has 0 bridgehead atoms. The predicted octanol–water partition coefficient (Wildman–Crippen LogP) is 18.1. The Morgan fingerprint density at radius 1 is 0.289 bits per heavy atom. The Balaban J connectivity index is 0.873. The highest BCUT2D eigenvalue weighted by atomic mass is 15.2. The summed E-state index contributed by atoms with van der Waals surface area (Å²) in [6.45, 7) is 4.29. The molecular weight excluding hydrogens is 1100 g/mol. The second kappa shape index (κ2) is 21.6. The summed E-state index contributed by atoms with van der Waals surface area (Å²) in [5.74, 6) is 2.21. The van der Waals surface area contributed by atoms with E-state index >= 15 is 0 Å². The lowest BCUT2D eigenvalue weighted by molar-refractivity contribution is 1.06. The summed E-state index contributed by atoms with van der Waals surface area (Å²) in [6.07, 6.45) is 0. The molecular formula is C81H55BN8. The molecule has 3 aromatic heterocycles. The van der Waals surface area contributed by atoms with Gasteiger partial charge in [0.25, 0.3) is 6.71 Å². The van der Waals surface area contributed by atoms with Gasteiger partial charge in [0.15, 0.2) is 23.3 Å². The monoisotopic (exact) mass is 1150 g/mol. The zero-order chi connectivity index (χ0) is 59.8. The molecule has 0 saturated heterocycles. The van der Waals surface area contributed by atoms with Crippen LogP contribution in [0.15, 0.2) is 297 Å². The van der Waals surface area contributed by atoms with Crippen LogP contribution in [0.5, 0.6) is 0 Å². The maximum atomic E-state index is 5.58. The molecule has 8 nitrogen and oxygen atoms in total. The number of nitrogens with zero attached hydrogens (tertiary/aromatic N) is 8. The number of hydrogen-bond acceptors (Lipinski definition) is 7. The topological polar surface area (TPSA) is 75.9 Å². The Labute approximate surface area is 522 Å². The van der Waals surface area contributed by atoms with Crippen molar-refractivity contribution in [1.29, 1.82) is 0 Å². The number of anilines is 6. The summed E-state index contributed by atoms with van der Waals surface area (Å²) in [6, 6.07) is 106. The van der Waals surface area contributed by atoms with Crippen molar-refractivity contribution in [2.24, 2.45) is 0 Å². The molecule has 0 aliphatic carbocycles. The van der Waals surface area contributed by atoms with Crippen molar-refractivity contribution in [2.75, 3.05) is 9.80 Å². The summed E-state index contributed by atoms with van der Waals surface area (Å²) in [5, 5.41) is 2.35. The van der Waals surface area contributed by atoms with Crippen molar-refractivity contribution in [1.82, 2.24) is 29.5 Å². The fourth-order valence-corrected chi connectivity index (χ4v) is 13.6. The molecule has 0 amide bonds. The normalized spacial score (nSPS) is 12.3. The van der Waals surface area contributed by atoms with Gasteiger partial charge in [-0.05, 0) is 127 Å². The standard InChI is InChI=1S/C81H55BN8/c1-52-36-44-70-63(48-52)64-49-53(2)37-45-71(64)90(70)72-46-42-59(80-83-68(55-22-8-3-9-23-55)51-69(84-80)56-24-10-4-11-25-56)50-65(72)81-86-78(57-26-12-5-13-27-57)85-79(87-81)58-40-38-54(39-41-58)62-43-47-75-76-77(62)89(61-30-16-7-17-31-61)74-35-21-19-33-67(74)82(76)66-32-18-20-34-73(66)88(75)60-28-14-6-15-29-60/h3-51H,1-2H3. The molecule has 15 aromatic rings. The molecule has 9 heteroatoms. The van der Waals surface area contributed by atoms with Gasteiger partial charge in [0, 0.05) is 78.2 Å². The van der Waals surface area contributed by atoms with Gasteiger partial charge in [0.2, 0.25) is 0 Å². The zero-order valence-electron chi connectivity index (χ0n) is 49.4. The van der Waals surface area contributed by atoms with Crippen molar-refractivity contribution in [3.8, 4) is 84.9 Å². The van der Waals surface area contributed by atoms with Gasteiger partial charge in [-0.25, -0.2) is 24.9 Å². The average molecular weight is 1150 g/mol. The zero-order valence-corrected chi connectivity index (χ0v) is 49.4. The van der Waals surface area contributed by atoms with Crippen LogP contribution < -0.4 is 26.2 Å². The van der Waals surface area contributed by atoms with Crippen LogP contribution in [0.4, 0.5) is 34.1 Å². The summed E-state index contributed by atoms with van der Waals surface area (Å²) in [7, 11) is 0. The van der Waals surface area contributed by atoms with Crippen LogP contribution in [0.1, 0.15) is 11.1 Å². The molecule has 2 aliphatic heterocycles. The lowest BCUT2D eigenvalue weighted by Crippen LogP contribution is -2.61. The minimum Gasteiger partial charge on any atom is -0.311 e. The van der Waals surface area contributed by atoms with Crippen LogP contribution in [0.2, 0.25) is 0 Å². The number of aromatic nitrogens is 6. The molecule has 90 heavy (non-hydrogen) atoms. The smallest absolute Gasteiger partial charge is 0.252 e. The van der Waals surface area contributed by atoms with E-state index in [1.54, 1.807) is 0 Å². The van der Waals surface area contributed by atoms with E-state index in [0.717, 1.165) is 101 Å². The molecule has 5 heterocycles. The van der Waals surface area contributed by atoms with Gasteiger partial charge in [-0.1, -0.05) is 217 Å².